The van der Waals surface area contributed by atoms with Gasteiger partial charge in [0, 0.05) is 16.7 Å². The van der Waals surface area contributed by atoms with Gasteiger partial charge in [0.25, 0.3) is 0 Å². The Hall–Kier alpha value is -2.07. The number of carbonyl (C=O) groups excluding carboxylic acids is 1. The molecule has 0 atom stereocenters. The van der Waals surface area contributed by atoms with Crippen molar-refractivity contribution in [3.8, 4) is 0 Å². The lowest BCUT2D eigenvalue weighted by Gasteiger charge is -2.03. The lowest BCUT2D eigenvalue weighted by Crippen LogP contribution is -2.07. The summed E-state index contributed by atoms with van der Waals surface area (Å²) in [6.07, 6.45) is 5.06. The highest BCUT2D eigenvalue weighted by Crippen LogP contribution is 2.18. The molecule has 1 amide bonds. The SMILES string of the molecule is CSc1cccc(NC(=O)C=Cc2ccc(F)cc2)c1. The van der Waals surface area contributed by atoms with Crippen LogP contribution in [0.15, 0.2) is 59.5 Å². The number of nitrogens with one attached hydrogen (secondary N) is 1. The zero-order chi connectivity index (χ0) is 14.4. The van der Waals surface area contributed by atoms with Crippen molar-refractivity contribution in [2.24, 2.45) is 0 Å². The zero-order valence-electron chi connectivity index (χ0n) is 11.0. The summed E-state index contributed by atoms with van der Waals surface area (Å²) in [7, 11) is 0. The van der Waals surface area contributed by atoms with Crippen molar-refractivity contribution >= 4 is 29.4 Å². The van der Waals surface area contributed by atoms with Crippen LogP contribution in [0.25, 0.3) is 6.08 Å². The minimum Gasteiger partial charge on any atom is -0.322 e. The van der Waals surface area contributed by atoms with Gasteiger partial charge < -0.3 is 5.32 Å². The molecule has 0 saturated carbocycles. The van der Waals surface area contributed by atoms with Gasteiger partial charge in [-0.3, -0.25) is 4.79 Å². The molecule has 4 heteroatoms. The Labute approximate surface area is 121 Å². The molecule has 2 aromatic rings. The van der Waals surface area contributed by atoms with Crippen LogP contribution in [0.1, 0.15) is 5.56 Å². The van der Waals surface area contributed by atoms with Crippen LogP contribution in [0.5, 0.6) is 0 Å². The van der Waals surface area contributed by atoms with Crippen molar-refractivity contribution in [1.82, 2.24) is 0 Å². The predicted octanol–water partition coefficient (Wildman–Crippen LogP) is 4.20. The van der Waals surface area contributed by atoms with Gasteiger partial charge in [-0.05, 0) is 48.2 Å². The third kappa shape index (κ3) is 4.24. The first-order valence-corrected chi connectivity index (χ1v) is 7.28. The molecule has 2 aromatic carbocycles. The van der Waals surface area contributed by atoms with Crippen molar-refractivity contribution in [3.63, 3.8) is 0 Å². The minimum absolute atomic E-state index is 0.215. The fourth-order valence-electron chi connectivity index (χ4n) is 1.63. The van der Waals surface area contributed by atoms with Crippen LogP contribution in [0.4, 0.5) is 10.1 Å². The molecule has 0 saturated heterocycles. The molecule has 0 aliphatic rings. The summed E-state index contributed by atoms with van der Waals surface area (Å²) in [5.74, 6) is -0.506. The summed E-state index contributed by atoms with van der Waals surface area (Å²) in [6.45, 7) is 0. The Bertz CT molecular complexity index is 623. The van der Waals surface area contributed by atoms with Crippen LogP contribution in [0.2, 0.25) is 0 Å². The third-order valence-electron chi connectivity index (χ3n) is 2.63. The lowest BCUT2D eigenvalue weighted by molar-refractivity contribution is -0.111. The first-order valence-electron chi connectivity index (χ1n) is 6.06. The summed E-state index contributed by atoms with van der Waals surface area (Å²) in [4.78, 5) is 12.9. The largest absolute Gasteiger partial charge is 0.322 e. The van der Waals surface area contributed by atoms with Gasteiger partial charge in [-0.1, -0.05) is 18.2 Å². The van der Waals surface area contributed by atoms with Crippen LogP contribution < -0.4 is 5.32 Å². The van der Waals surface area contributed by atoms with E-state index in [0.717, 1.165) is 16.1 Å². The van der Waals surface area contributed by atoms with Crippen LogP contribution in [0, 0.1) is 5.82 Å². The lowest BCUT2D eigenvalue weighted by atomic mass is 10.2. The maximum atomic E-state index is 12.7. The van der Waals surface area contributed by atoms with Crippen LogP contribution in [0.3, 0.4) is 0 Å². The van der Waals surface area contributed by atoms with Gasteiger partial charge in [0.1, 0.15) is 5.82 Å². The maximum Gasteiger partial charge on any atom is 0.248 e. The predicted molar refractivity (Wildman–Crippen MR) is 82.3 cm³/mol. The number of rotatable bonds is 4. The van der Waals surface area contributed by atoms with Crippen LogP contribution in [-0.2, 0) is 4.79 Å². The molecule has 0 fully saturated rings. The van der Waals surface area contributed by atoms with Gasteiger partial charge >= 0.3 is 0 Å². The number of hydrogen-bond donors (Lipinski definition) is 1. The third-order valence-corrected chi connectivity index (χ3v) is 3.36. The number of benzene rings is 2. The summed E-state index contributed by atoms with van der Waals surface area (Å²) in [5, 5.41) is 2.79. The van der Waals surface area contributed by atoms with E-state index in [1.54, 1.807) is 30.0 Å². The number of amides is 1. The maximum absolute atomic E-state index is 12.7. The first-order chi connectivity index (χ1) is 9.67. The van der Waals surface area contributed by atoms with E-state index in [9.17, 15) is 9.18 Å². The summed E-state index contributed by atoms with van der Waals surface area (Å²) in [6, 6.07) is 13.6. The van der Waals surface area contributed by atoms with Crippen LogP contribution >= 0.6 is 11.8 Å². The highest BCUT2D eigenvalue weighted by atomic mass is 32.2. The summed E-state index contributed by atoms with van der Waals surface area (Å²) < 4.78 is 12.7. The number of halogens is 1. The molecule has 0 heterocycles. The minimum atomic E-state index is -0.291. The second kappa shape index (κ2) is 6.91. The van der Waals surface area contributed by atoms with Gasteiger partial charge in [-0.2, -0.15) is 0 Å². The number of anilines is 1. The molecular formula is C16H14FNOS. The molecule has 0 aromatic heterocycles. The monoisotopic (exact) mass is 287 g/mol. The number of thioether (sulfide) groups is 1. The van der Waals surface area contributed by atoms with E-state index in [0.29, 0.717) is 0 Å². The van der Waals surface area contributed by atoms with E-state index in [1.807, 2.05) is 30.5 Å². The summed E-state index contributed by atoms with van der Waals surface area (Å²) >= 11 is 1.62. The molecule has 1 N–H and O–H groups in total. The molecule has 0 radical (unpaired) electrons. The Kier molecular flexibility index (Phi) is 4.96. The molecule has 0 spiro atoms. The highest BCUT2D eigenvalue weighted by Gasteiger charge is 1.99. The molecule has 0 bridgehead atoms. The van der Waals surface area contributed by atoms with E-state index < -0.39 is 0 Å². The van der Waals surface area contributed by atoms with Crippen molar-refractivity contribution in [2.45, 2.75) is 4.90 Å². The van der Waals surface area contributed by atoms with Crippen molar-refractivity contribution in [3.05, 3.63) is 66.0 Å². The fourth-order valence-corrected chi connectivity index (χ4v) is 2.09. The van der Waals surface area contributed by atoms with E-state index in [4.69, 9.17) is 0 Å². The molecule has 20 heavy (non-hydrogen) atoms. The molecule has 0 unspecified atom stereocenters. The van der Waals surface area contributed by atoms with E-state index in [-0.39, 0.29) is 11.7 Å². The quantitative estimate of drug-likeness (QED) is 0.674. The summed E-state index contributed by atoms with van der Waals surface area (Å²) in [5.41, 5.74) is 1.53. The van der Waals surface area contributed by atoms with E-state index >= 15 is 0 Å². The first kappa shape index (κ1) is 14.3. The average Bonchev–Trinajstić information content (AvgIpc) is 2.47. The topological polar surface area (TPSA) is 29.1 Å². The Morgan fingerprint density at radius 1 is 1.20 bits per heavy atom. The van der Waals surface area contributed by atoms with Crippen molar-refractivity contribution in [1.29, 1.82) is 0 Å². The molecule has 2 rings (SSSR count). The second-order valence-corrected chi connectivity index (χ2v) is 4.99. The smallest absolute Gasteiger partial charge is 0.248 e. The van der Waals surface area contributed by atoms with Crippen molar-refractivity contribution in [2.75, 3.05) is 11.6 Å². The molecule has 2 nitrogen and oxygen atoms in total. The Morgan fingerprint density at radius 3 is 2.65 bits per heavy atom. The number of carbonyl (C=O) groups is 1. The van der Waals surface area contributed by atoms with Crippen LogP contribution in [-0.4, -0.2) is 12.2 Å². The van der Waals surface area contributed by atoms with Gasteiger partial charge in [0.2, 0.25) is 5.91 Å². The second-order valence-electron chi connectivity index (χ2n) is 4.11. The number of hydrogen-bond acceptors (Lipinski definition) is 2. The zero-order valence-corrected chi connectivity index (χ0v) is 11.8. The normalized spacial score (nSPS) is 10.7. The van der Waals surface area contributed by atoms with Gasteiger partial charge in [0.15, 0.2) is 0 Å². The standard InChI is InChI=1S/C16H14FNOS/c1-20-15-4-2-3-14(11-15)18-16(19)10-7-12-5-8-13(17)9-6-12/h2-11H,1H3,(H,18,19). The Morgan fingerprint density at radius 2 is 1.95 bits per heavy atom. The highest BCUT2D eigenvalue weighted by molar-refractivity contribution is 7.98. The van der Waals surface area contributed by atoms with Gasteiger partial charge in [-0.25, -0.2) is 4.39 Å². The molecular weight excluding hydrogens is 273 g/mol. The van der Waals surface area contributed by atoms with Gasteiger partial charge in [0.05, 0.1) is 0 Å². The molecule has 0 aliphatic heterocycles. The average molecular weight is 287 g/mol. The molecule has 0 aliphatic carbocycles. The van der Waals surface area contributed by atoms with Gasteiger partial charge in [-0.15, -0.1) is 11.8 Å². The molecule has 102 valence electrons. The fraction of sp³-hybridized carbons (Fsp3) is 0.0625. The van der Waals surface area contributed by atoms with E-state index in [2.05, 4.69) is 5.32 Å². The van der Waals surface area contributed by atoms with Crippen molar-refractivity contribution < 1.29 is 9.18 Å². The van der Waals surface area contributed by atoms with E-state index in [1.165, 1.54) is 18.2 Å². The Balaban J connectivity index is 1.99.